The molecule has 1 N–H and O–H groups in total. The summed E-state index contributed by atoms with van der Waals surface area (Å²) in [5, 5.41) is 10.2. The van der Waals surface area contributed by atoms with Crippen LogP contribution >= 0.6 is 0 Å². The number of sulfone groups is 2. The molecule has 9 heteroatoms. The van der Waals surface area contributed by atoms with Gasteiger partial charge in [-0.1, -0.05) is 42.5 Å². The molecular formula is C36H32O7S2. The number of hydrogen-bond acceptors (Lipinski definition) is 7. The molecule has 6 rings (SSSR count). The second-order valence-electron chi connectivity index (χ2n) is 11.3. The molecule has 45 heavy (non-hydrogen) atoms. The first-order valence-electron chi connectivity index (χ1n) is 14.4. The van der Waals surface area contributed by atoms with Crippen molar-refractivity contribution in [3.05, 3.63) is 124 Å². The molecule has 0 aromatic heterocycles. The van der Waals surface area contributed by atoms with Gasteiger partial charge in [-0.2, -0.15) is 0 Å². The fourth-order valence-corrected chi connectivity index (χ4v) is 9.28. The Labute approximate surface area is 263 Å². The van der Waals surface area contributed by atoms with Crippen LogP contribution in [0.15, 0.2) is 111 Å². The largest absolute Gasteiger partial charge is 0.507 e. The highest BCUT2D eigenvalue weighted by molar-refractivity contribution is 7.92. The van der Waals surface area contributed by atoms with E-state index in [2.05, 4.69) is 0 Å². The van der Waals surface area contributed by atoms with Gasteiger partial charge in [-0.3, -0.25) is 0 Å². The number of aryl methyl sites for hydroxylation is 4. The SMILES string of the molecule is Cc1cc(S(=O)(=O)c2c(C)cc(-c3cccc4c3OCc3cccc(c3)COc3ccccc3S4(=O)=O)cc2C)cc(C)c1O. The Bertz CT molecular complexity index is 2160. The van der Waals surface area contributed by atoms with Crippen LogP contribution in [-0.4, -0.2) is 21.9 Å². The first-order valence-corrected chi connectivity index (χ1v) is 17.3. The van der Waals surface area contributed by atoms with E-state index in [0.29, 0.717) is 33.4 Å². The van der Waals surface area contributed by atoms with E-state index in [4.69, 9.17) is 9.47 Å². The Kier molecular flexibility index (Phi) is 7.71. The third kappa shape index (κ3) is 5.47. The van der Waals surface area contributed by atoms with Crippen LogP contribution < -0.4 is 9.47 Å². The second kappa shape index (κ2) is 11.4. The van der Waals surface area contributed by atoms with Gasteiger partial charge < -0.3 is 14.6 Å². The number of para-hydroxylation sites is 2. The summed E-state index contributed by atoms with van der Waals surface area (Å²) in [6.07, 6.45) is 0. The zero-order valence-electron chi connectivity index (χ0n) is 25.3. The number of aromatic hydroxyl groups is 1. The fourth-order valence-electron chi connectivity index (χ4n) is 5.86. The van der Waals surface area contributed by atoms with Crippen molar-refractivity contribution in [2.75, 3.05) is 0 Å². The maximum Gasteiger partial charge on any atom is 0.213 e. The van der Waals surface area contributed by atoms with E-state index < -0.39 is 19.7 Å². The molecule has 1 aliphatic rings. The van der Waals surface area contributed by atoms with Crippen LogP contribution in [-0.2, 0) is 32.9 Å². The number of ether oxygens (including phenoxy) is 2. The minimum Gasteiger partial charge on any atom is -0.507 e. The van der Waals surface area contributed by atoms with Crippen molar-refractivity contribution in [1.29, 1.82) is 0 Å². The van der Waals surface area contributed by atoms with Crippen LogP contribution in [0.4, 0.5) is 0 Å². The van der Waals surface area contributed by atoms with E-state index in [9.17, 15) is 21.9 Å². The van der Waals surface area contributed by atoms with E-state index in [-0.39, 0.29) is 50.0 Å². The topological polar surface area (TPSA) is 107 Å². The third-order valence-corrected chi connectivity index (χ3v) is 11.8. The highest BCUT2D eigenvalue weighted by atomic mass is 32.2. The predicted octanol–water partition coefficient (Wildman–Crippen LogP) is 7.43. The van der Waals surface area contributed by atoms with Crippen LogP contribution in [0.2, 0.25) is 0 Å². The van der Waals surface area contributed by atoms with Crippen molar-refractivity contribution < 1.29 is 31.4 Å². The van der Waals surface area contributed by atoms with Crippen molar-refractivity contribution >= 4 is 19.7 Å². The summed E-state index contributed by atoms with van der Waals surface area (Å²) in [6, 6.07) is 25.6. The predicted molar refractivity (Wildman–Crippen MR) is 171 cm³/mol. The average Bonchev–Trinajstić information content (AvgIpc) is 3.00. The summed E-state index contributed by atoms with van der Waals surface area (Å²) >= 11 is 0. The van der Waals surface area contributed by atoms with Crippen molar-refractivity contribution in [1.82, 2.24) is 0 Å². The van der Waals surface area contributed by atoms with E-state index in [1.807, 2.05) is 24.3 Å². The number of phenols is 1. The lowest BCUT2D eigenvalue weighted by atomic mass is 9.99. The molecular weight excluding hydrogens is 609 g/mol. The lowest BCUT2D eigenvalue weighted by Crippen LogP contribution is -2.11. The van der Waals surface area contributed by atoms with Crippen molar-refractivity contribution in [3.8, 4) is 28.4 Å². The number of phenolic OH excluding ortho intramolecular Hbond substituents is 1. The average molecular weight is 641 g/mol. The lowest BCUT2D eigenvalue weighted by Gasteiger charge is -2.20. The molecule has 0 unspecified atom stereocenters. The van der Waals surface area contributed by atoms with Crippen LogP contribution in [0.5, 0.6) is 17.2 Å². The standard InChI is InChI=1S/C36H32O7S2/c1-22-17-29(18-23(2)34(22)37)44(38,39)36-24(3)15-28(16-25(36)4)30-11-8-14-33-35(30)43-21-27-10-7-9-26(19-27)20-42-31-12-5-6-13-32(31)45(33,40)41/h5-19,37H,20-21H2,1-4H3. The molecule has 0 saturated carbocycles. The monoisotopic (exact) mass is 640 g/mol. The summed E-state index contributed by atoms with van der Waals surface area (Å²) in [5.74, 6) is 0.463. The minimum absolute atomic E-state index is 0.0187. The molecule has 1 heterocycles. The Morgan fingerprint density at radius 3 is 1.91 bits per heavy atom. The Hall–Kier alpha value is -4.60. The highest BCUT2D eigenvalue weighted by Gasteiger charge is 2.30. The molecule has 7 nitrogen and oxygen atoms in total. The molecule has 0 saturated heterocycles. The molecule has 0 atom stereocenters. The van der Waals surface area contributed by atoms with E-state index >= 15 is 0 Å². The summed E-state index contributed by atoms with van der Waals surface area (Å²) in [4.78, 5) is 0.259. The zero-order valence-corrected chi connectivity index (χ0v) is 26.9. The molecule has 5 aromatic rings. The number of hydrogen-bond donors (Lipinski definition) is 1. The smallest absolute Gasteiger partial charge is 0.213 e. The molecule has 0 fully saturated rings. The number of fused-ring (bicyclic) bond motifs is 4. The van der Waals surface area contributed by atoms with Crippen LogP contribution in [0.3, 0.4) is 0 Å². The fraction of sp³-hybridized carbons (Fsp3) is 0.167. The maximum atomic E-state index is 14.2. The number of rotatable bonds is 3. The van der Waals surface area contributed by atoms with Gasteiger partial charge >= 0.3 is 0 Å². The van der Waals surface area contributed by atoms with E-state index in [1.165, 1.54) is 24.3 Å². The van der Waals surface area contributed by atoms with Crippen molar-refractivity contribution in [2.24, 2.45) is 0 Å². The van der Waals surface area contributed by atoms with Gasteiger partial charge in [0.05, 0.1) is 9.79 Å². The summed E-state index contributed by atoms with van der Waals surface area (Å²) < 4.78 is 68.5. The van der Waals surface area contributed by atoms with Gasteiger partial charge in [0.15, 0.2) is 0 Å². The lowest BCUT2D eigenvalue weighted by molar-refractivity contribution is 0.290. The first-order chi connectivity index (χ1) is 21.4. The van der Waals surface area contributed by atoms with Gasteiger partial charge in [-0.05, 0) is 115 Å². The van der Waals surface area contributed by atoms with Gasteiger partial charge in [0.1, 0.15) is 40.3 Å². The Morgan fingerprint density at radius 1 is 0.667 bits per heavy atom. The van der Waals surface area contributed by atoms with Gasteiger partial charge in [0.2, 0.25) is 19.7 Å². The minimum atomic E-state index is -4.11. The molecule has 0 spiro atoms. The maximum absolute atomic E-state index is 14.2. The van der Waals surface area contributed by atoms with Gasteiger partial charge in [-0.15, -0.1) is 0 Å². The molecule has 0 radical (unpaired) electrons. The Morgan fingerprint density at radius 2 is 1.24 bits per heavy atom. The first kappa shape index (κ1) is 30.4. The summed E-state index contributed by atoms with van der Waals surface area (Å²) in [5.41, 5.74) is 4.77. The molecule has 0 aliphatic carbocycles. The van der Waals surface area contributed by atoms with Crippen LogP contribution in [0.25, 0.3) is 11.1 Å². The molecule has 230 valence electrons. The highest BCUT2D eigenvalue weighted by Crippen LogP contribution is 2.43. The summed E-state index contributed by atoms with van der Waals surface area (Å²) in [7, 11) is -8.05. The zero-order chi connectivity index (χ0) is 32.1. The normalized spacial score (nSPS) is 14.1. The van der Waals surface area contributed by atoms with E-state index in [1.54, 1.807) is 70.2 Å². The Balaban J connectivity index is 1.53. The van der Waals surface area contributed by atoms with Gasteiger partial charge in [0, 0.05) is 5.56 Å². The molecule has 1 aliphatic heterocycles. The van der Waals surface area contributed by atoms with Crippen molar-refractivity contribution in [3.63, 3.8) is 0 Å². The van der Waals surface area contributed by atoms with Crippen LogP contribution in [0, 0.1) is 27.7 Å². The number of benzene rings is 5. The van der Waals surface area contributed by atoms with Crippen LogP contribution in [0.1, 0.15) is 33.4 Å². The molecule has 2 bridgehead atoms. The third-order valence-electron chi connectivity index (χ3n) is 7.99. The summed E-state index contributed by atoms with van der Waals surface area (Å²) in [6.45, 7) is 7.07. The molecule has 5 aromatic carbocycles. The van der Waals surface area contributed by atoms with Gasteiger partial charge in [0.25, 0.3) is 0 Å². The second-order valence-corrected chi connectivity index (χ2v) is 15.1. The van der Waals surface area contributed by atoms with E-state index in [0.717, 1.165) is 11.1 Å². The van der Waals surface area contributed by atoms with Crippen molar-refractivity contribution in [2.45, 2.75) is 60.5 Å². The molecule has 0 amide bonds. The quantitative estimate of drug-likeness (QED) is 0.219. The van der Waals surface area contributed by atoms with Gasteiger partial charge in [-0.25, -0.2) is 16.8 Å².